The number of nitrogens with zero attached hydrogens (tertiary/aromatic N) is 2. The highest BCUT2D eigenvalue weighted by Crippen LogP contribution is 2.43. The Morgan fingerprint density at radius 3 is 2.32 bits per heavy atom. The van der Waals surface area contributed by atoms with Gasteiger partial charge in [0, 0.05) is 17.4 Å². The molecule has 2 aliphatic rings. The van der Waals surface area contributed by atoms with Gasteiger partial charge in [-0.25, -0.2) is 8.42 Å². The summed E-state index contributed by atoms with van der Waals surface area (Å²) in [7, 11) is -3.86. The number of aliphatic hydroxyl groups is 1. The van der Waals surface area contributed by atoms with Gasteiger partial charge in [-0.2, -0.15) is 9.57 Å². The summed E-state index contributed by atoms with van der Waals surface area (Å²) in [5, 5.41) is 19.5. The Hall–Kier alpha value is -2.64. The van der Waals surface area contributed by atoms with E-state index < -0.39 is 22.1 Å². The van der Waals surface area contributed by atoms with Crippen molar-refractivity contribution in [3.8, 4) is 17.9 Å². The van der Waals surface area contributed by atoms with Crippen LogP contribution in [0.15, 0.2) is 59.5 Å². The molecule has 2 aromatic carbocycles. The number of rotatable bonds is 4. The lowest BCUT2D eigenvalue weighted by atomic mass is 9.78. The topological polar surface area (TPSA) is 81.4 Å². The van der Waals surface area contributed by atoms with Crippen LogP contribution in [0.4, 0.5) is 0 Å². The van der Waals surface area contributed by atoms with E-state index in [-0.39, 0.29) is 17.4 Å². The zero-order valence-corrected chi connectivity index (χ0v) is 16.0. The van der Waals surface area contributed by atoms with Gasteiger partial charge >= 0.3 is 0 Å². The van der Waals surface area contributed by atoms with Crippen LogP contribution in [-0.2, 0) is 10.0 Å². The van der Waals surface area contributed by atoms with Crippen molar-refractivity contribution in [3.05, 3.63) is 65.7 Å². The number of sulfonamides is 1. The fourth-order valence-corrected chi connectivity index (χ4v) is 5.39. The molecule has 0 amide bonds. The van der Waals surface area contributed by atoms with Gasteiger partial charge in [0.25, 0.3) is 0 Å². The number of aliphatic hydroxyl groups excluding tert-OH is 1. The summed E-state index contributed by atoms with van der Waals surface area (Å²) >= 11 is 0. The maximum Gasteiger partial charge on any atom is 0.244 e. The molecule has 2 fully saturated rings. The van der Waals surface area contributed by atoms with E-state index in [9.17, 15) is 18.8 Å². The van der Waals surface area contributed by atoms with Gasteiger partial charge in [-0.1, -0.05) is 42.2 Å². The Labute approximate surface area is 165 Å². The van der Waals surface area contributed by atoms with Gasteiger partial charge in [0.1, 0.15) is 6.04 Å². The monoisotopic (exact) mass is 392 g/mol. The van der Waals surface area contributed by atoms with E-state index in [1.807, 2.05) is 24.3 Å². The number of hydrogen-bond acceptors (Lipinski definition) is 4. The van der Waals surface area contributed by atoms with Crippen LogP contribution in [0.3, 0.4) is 0 Å². The van der Waals surface area contributed by atoms with Crippen molar-refractivity contribution in [1.82, 2.24) is 4.31 Å². The molecule has 28 heavy (non-hydrogen) atoms. The summed E-state index contributed by atoms with van der Waals surface area (Å²) in [5.41, 5.74) is 1.74. The molecular weight excluding hydrogens is 372 g/mol. The van der Waals surface area contributed by atoms with Crippen LogP contribution in [0.1, 0.15) is 29.9 Å². The molecule has 0 aromatic heterocycles. The Morgan fingerprint density at radius 1 is 1.07 bits per heavy atom. The van der Waals surface area contributed by atoms with E-state index in [1.54, 1.807) is 18.2 Å². The van der Waals surface area contributed by atoms with Gasteiger partial charge < -0.3 is 5.11 Å². The predicted molar refractivity (Wildman–Crippen MR) is 105 cm³/mol. The minimum absolute atomic E-state index is 0.123. The molecule has 3 atom stereocenters. The van der Waals surface area contributed by atoms with E-state index in [4.69, 9.17) is 0 Å². The quantitative estimate of drug-likeness (QED) is 0.811. The summed E-state index contributed by atoms with van der Waals surface area (Å²) in [6, 6.07) is 16.1. The fraction of sp³-hybridized carbons (Fsp3) is 0.318. The third kappa shape index (κ3) is 3.31. The first-order chi connectivity index (χ1) is 13.6. The van der Waals surface area contributed by atoms with Gasteiger partial charge in [0.05, 0.1) is 23.6 Å². The average Bonchev–Trinajstić information content (AvgIpc) is 3.52. The van der Waals surface area contributed by atoms with Crippen molar-refractivity contribution in [2.24, 2.45) is 5.92 Å². The van der Waals surface area contributed by atoms with Crippen molar-refractivity contribution in [2.45, 2.75) is 35.7 Å². The van der Waals surface area contributed by atoms with Gasteiger partial charge in [0.15, 0.2) is 0 Å². The summed E-state index contributed by atoms with van der Waals surface area (Å²) in [4.78, 5) is 0.123. The molecule has 5 nitrogen and oxygen atoms in total. The fourth-order valence-electron chi connectivity index (χ4n) is 3.61. The maximum atomic E-state index is 13.0. The van der Waals surface area contributed by atoms with Crippen LogP contribution in [0, 0.1) is 29.1 Å². The third-order valence-corrected chi connectivity index (χ3v) is 7.21. The normalized spacial score (nSPS) is 24.5. The standard InChI is InChI=1S/C22H20N2O3S/c23-14-20-22(18-12-10-17(11-13-18)9-8-16-6-7-16)21(15-25)24(20)28(26,27)19-4-2-1-3-5-19/h1-5,10-13,16,20-22,25H,6-7,15H2/t20-,21-,22+/m0/s1. The Balaban J connectivity index is 1.61. The van der Waals surface area contributed by atoms with Crippen LogP contribution in [0.5, 0.6) is 0 Å². The van der Waals surface area contributed by atoms with Crippen molar-refractivity contribution < 1.29 is 13.5 Å². The highest BCUT2D eigenvalue weighted by Gasteiger charge is 2.55. The average molecular weight is 392 g/mol. The largest absolute Gasteiger partial charge is 0.395 e. The zero-order valence-electron chi connectivity index (χ0n) is 15.2. The lowest BCUT2D eigenvalue weighted by Crippen LogP contribution is -2.64. The maximum absolute atomic E-state index is 13.0. The molecule has 6 heteroatoms. The smallest absolute Gasteiger partial charge is 0.244 e. The number of hydrogen-bond donors (Lipinski definition) is 1. The van der Waals surface area contributed by atoms with E-state index in [2.05, 4.69) is 17.9 Å². The van der Waals surface area contributed by atoms with E-state index in [0.29, 0.717) is 5.92 Å². The summed E-state index contributed by atoms with van der Waals surface area (Å²) in [5.74, 6) is 6.49. The SMILES string of the molecule is N#C[C@H]1[C@@H](c2ccc(C#CC3CC3)cc2)[C@H](CO)N1S(=O)(=O)c1ccccc1. The van der Waals surface area contributed by atoms with Gasteiger partial charge in [0.2, 0.25) is 10.0 Å². The second-order valence-electron chi connectivity index (χ2n) is 7.16. The molecule has 2 aromatic rings. The van der Waals surface area contributed by atoms with Crippen LogP contribution in [-0.4, -0.2) is 36.5 Å². The molecule has 4 rings (SSSR count). The highest BCUT2D eigenvalue weighted by atomic mass is 32.2. The Morgan fingerprint density at radius 2 is 1.75 bits per heavy atom. The van der Waals surface area contributed by atoms with E-state index in [1.165, 1.54) is 25.0 Å². The third-order valence-electron chi connectivity index (χ3n) is 5.29. The second-order valence-corrected chi connectivity index (χ2v) is 9.01. The van der Waals surface area contributed by atoms with Crippen molar-refractivity contribution in [2.75, 3.05) is 6.61 Å². The van der Waals surface area contributed by atoms with Gasteiger partial charge in [-0.05, 0) is 42.7 Å². The molecule has 0 unspecified atom stereocenters. The minimum Gasteiger partial charge on any atom is -0.395 e. The van der Waals surface area contributed by atoms with Crippen LogP contribution in [0.2, 0.25) is 0 Å². The van der Waals surface area contributed by atoms with Crippen LogP contribution >= 0.6 is 0 Å². The number of nitriles is 1. The summed E-state index contributed by atoms with van der Waals surface area (Å²) in [6.07, 6.45) is 2.34. The molecule has 0 radical (unpaired) electrons. The summed E-state index contributed by atoms with van der Waals surface area (Å²) in [6.45, 7) is -0.349. The zero-order chi connectivity index (χ0) is 19.7. The van der Waals surface area contributed by atoms with Crippen LogP contribution in [0.25, 0.3) is 0 Å². The molecule has 1 N–H and O–H groups in total. The van der Waals surface area contributed by atoms with Crippen molar-refractivity contribution >= 4 is 10.0 Å². The summed E-state index contributed by atoms with van der Waals surface area (Å²) < 4.78 is 27.1. The molecular formula is C22H20N2O3S. The first-order valence-corrected chi connectivity index (χ1v) is 10.7. The second kappa shape index (κ2) is 7.41. The first kappa shape index (κ1) is 18.7. The van der Waals surface area contributed by atoms with Gasteiger partial charge in [-0.15, -0.1) is 0 Å². The molecule has 1 aliphatic carbocycles. The van der Waals surface area contributed by atoms with Crippen molar-refractivity contribution in [3.63, 3.8) is 0 Å². The van der Waals surface area contributed by atoms with Gasteiger partial charge in [-0.3, -0.25) is 0 Å². The molecule has 0 bridgehead atoms. The lowest BCUT2D eigenvalue weighted by molar-refractivity contribution is 0.0557. The van der Waals surface area contributed by atoms with Crippen LogP contribution < -0.4 is 0 Å². The molecule has 1 saturated carbocycles. The highest BCUT2D eigenvalue weighted by molar-refractivity contribution is 7.89. The predicted octanol–water partition coefficient (Wildman–Crippen LogP) is 2.49. The number of benzene rings is 2. The van der Waals surface area contributed by atoms with Crippen molar-refractivity contribution in [1.29, 1.82) is 5.26 Å². The first-order valence-electron chi connectivity index (χ1n) is 9.27. The molecule has 1 saturated heterocycles. The Bertz CT molecular complexity index is 1060. The molecule has 1 aliphatic heterocycles. The molecule has 1 heterocycles. The van der Waals surface area contributed by atoms with E-state index in [0.717, 1.165) is 15.4 Å². The Kier molecular flexibility index (Phi) is 4.95. The molecule has 142 valence electrons. The lowest BCUT2D eigenvalue weighted by Gasteiger charge is -2.50. The molecule has 0 spiro atoms. The van der Waals surface area contributed by atoms with E-state index >= 15 is 0 Å². The minimum atomic E-state index is -3.86.